The number of hydrogen-bond donors (Lipinski definition) is 0. The normalized spacial score (nSPS) is 18.8. The van der Waals surface area contributed by atoms with Crippen LogP contribution in [0.3, 0.4) is 0 Å². The lowest BCUT2D eigenvalue weighted by Crippen LogP contribution is -2.23. The highest BCUT2D eigenvalue weighted by atomic mass is 32.2. The van der Waals surface area contributed by atoms with Gasteiger partial charge in [0, 0.05) is 24.3 Å². The highest BCUT2D eigenvalue weighted by Gasteiger charge is 2.31. The predicted molar refractivity (Wildman–Crippen MR) is 111 cm³/mol. The Labute approximate surface area is 171 Å². The van der Waals surface area contributed by atoms with E-state index in [4.69, 9.17) is 12.2 Å². The van der Waals surface area contributed by atoms with Crippen molar-refractivity contribution in [3.8, 4) is 0 Å². The van der Waals surface area contributed by atoms with Crippen molar-refractivity contribution in [3.05, 3.63) is 40.2 Å². The van der Waals surface area contributed by atoms with E-state index in [1.54, 1.807) is 0 Å². The van der Waals surface area contributed by atoms with Gasteiger partial charge in [0.2, 0.25) is 0 Å². The van der Waals surface area contributed by atoms with E-state index in [2.05, 4.69) is 21.7 Å². The number of hydrogen-bond acceptors (Lipinski definition) is 6. The van der Waals surface area contributed by atoms with Gasteiger partial charge in [-0.15, -0.1) is 6.58 Å². The lowest BCUT2D eigenvalue weighted by molar-refractivity contribution is 0.242. The van der Waals surface area contributed by atoms with Crippen molar-refractivity contribution >= 4 is 22.1 Å². The Bertz CT molecular complexity index is 1050. The smallest absolute Gasteiger partial charge is 0.199 e. The third-order valence-electron chi connectivity index (χ3n) is 5.25. The average molecular weight is 425 g/mol. The average Bonchev–Trinajstić information content (AvgIpc) is 3.20. The van der Waals surface area contributed by atoms with Gasteiger partial charge in [-0.05, 0) is 46.5 Å². The maximum Gasteiger partial charge on any atom is 0.199 e. The Kier molecular flexibility index (Phi) is 5.92. The molecule has 0 N–H and O–H groups in total. The van der Waals surface area contributed by atoms with Crippen molar-refractivity contribution in [3.63, 3.8) is 0 Å². The molecular weight excluding hydrogens is 396 g/mol. The predicted octanol–water partition coefficient (Wildman–Crippen LogP) is 2.17. The summed E-state index contributed by atoms with van der Waals surface area (Å²) in [5.41, 5.74) is 3.09. The summed E-state index contributed by atoms with van der Waals surface area (Å²) in [6.07, 6.45) is 2.44. The molecule has 8 nitrogen and oxygen atoms in total. The Hall–Kier alpha value is -1.78. The number of rotatable bonds is 7. The standard InChI is InChI=1S/C18H28N6O2S2/c1-6-8-22-15(4)20-23(18(22)27)12-21(5)10-17-13(2)19-24(14(17)3)16-7-9-28(25,26)11-16/h6,16H,1,7-12H2,2-5H3/t16-/m0/s1. The molecule has 1 aliphatic heterocycles. The van der Waals surface area contributed by atoms with Gasteiger partial charge in [-0.2, -0.15) is 10.2 Å². The van der Waals surface area contributed by atoms with Crippen molar-refractivity contribution in [2.45, 2.75) is 53.0 Å². The number of allylic oxidation sites excluding steroid dienone is 1. The molecule has 0 amide bonds. The van der Waals surface area contributed by atoms with Crippen LogP contribution in [0.4, 0.5) is 0 Å². The Morgan fingerprint density at radius 2 is 2.04 bits per heavy atom. The summed E-state index contributed by atoms with van der Waals surface area (Å²) in [5.74, 6) is 1.29. The molecule has 1 aliphatic rings. The molecule has 2 aromatic heterocycles. The van der Waals surface area contributed by atoms with Crippen molar-refractivity contribution < 1.29 is 8.42 Å². The first kappa shape index (κ1) is 20.9. The zero-order chi connectivity index (χ0) is 20.6. The second-order valence-corrected chi connectivity index (χ2v) is 10.1. The van der Waals surface area contributed by atoms with Gasteiger partial charge in [-0.1, -0.05) is 6.08 Å². The van der Waals surface area contributed by atoms with Crippen LogP contribution in [0.5, 0.6) is 0 Å². The summed E-state index contributed by atoms with van der Waals surface area (Å²) in [7, 11) is -0.929. The van der Waals surface area contributed by atoms with Crippen LogP contribution in [0.15, 0.2) is 12.7 Å². The topological polar surface area (TPSA) is 78.0 Å². The van der Waals surface area contributed by atoms with Crippen molar-refractivity contribution in [1.29, 1.82) is 0 Å². The largest absolute Gasteiger partial charge is 0.300 e. The molecule has 0 spiro atoms. The molecule has 0 aliphatic carbocycles. The molecule has 0 radical (unpaired) electrons. The first-order valence-corrected chi connectivity index (χ1v) is 11.5. The highest BCUT2D eigenvalue weighted by molar-refractivity contribution is 7.91. The summed E-state index contributed by atoms with van der Waals surface area (Å²) in [5, 5.41) is 9.18. The quantitative estimate of drug-likeness (QED) is 0.501. The van der Waals surface area contributed by atoms with Crippen LogP contribution >= 0.6 is 12.2 Å². The molecule has 0 aromatic carbocycles. The molecule has 28 heavy (non-hydrogen) atoms. The lowest BCUT2D eigenvalue weighted by atomic mass is 10.2. The van der Waals surface area contributed by atoms with E-state index < -0.39 is 9.84 Å². The van der Waals surface area contributed by atoms with E-state index >= 15 is 0 Å². The Morgan fingerprint density at radius 1 is 1.32 bits per heavy atom. The van der Waals surface area contributed by atoms with Gasteiger partial charge in [0.05, 0.1) is 29.9 Å². The monoisotopic (exact) mass is 424 g/mol. The minimum Gasteiger partial charge on any atom is -0.300 e. The SMILES string of the molecule is C=CCn1c(C)nn(CN(C)Cc2c(C)nn([C@H]3CCS(=O)(=O)C3)c2C)c1=S. The zero-order valence-electron chi connectivity index (χ0n) is 16.9. The Balaban J connectivity index is 1.76. The second-order valence-electron chi connectivity index (χ2n) is 7.54. The third-order valence-corrected chi connectivity index (χ3v) is 7.43. The van der Waals surface area contributed by atoms with E-state index in [9.17, 15) is 8.42 Å². The highest BCUT2D eigenvalue weighted by Crippen LogP contribution is 2.27. The molecule has 3 rings (SSSR count). The van der Waals surface area contributed by atoms with Gasteiger partial charge in [0.25, 0.3) is 0 Å². The van der Waals surface area contributed by atoms with Gasteiger partial charge < -0.3 is 4.57 Å². The number of aromatic nitrogens is 5. The first-order valence-electron chi connectivity index (χ1n) is 9.31. The Morgan fingerprint density at radius 3 is 2.64 bits per heavy atom. The summed E-state index contributed by atoms with van der Waals surface area (Å²) in [6.45, 7) is 11.6. The fraction of sp³-hybridized carbons (Fsp3) is 0.611. The van der Waals surface area contributed by atoms with Crippen LogP contribution in [0.1, 0.15) is 35.2 Å². The fourth-order valence-electron chi connectivity index (χ4n) is 3.78. The minimum absolute atomic E-state index is 0.0615. The van der Waals surface area contributed by atoms with Crippen molar-refractivity contribution in [2.75, 3.05) is 18.6 Å². The molecule has 10 heteroatoms. The molecule has 0 bridgehead atoms. The van der Waals surface area contributed by atoms with Gasteiger partial charge >= 0.3 is 0 Å². The van der Waals surface area contributed by atoms with Gasteiger partial charge in [-0.3, -0.25) is 9.58 Å². The molecule has 1 fully saturated rings. The molecule has 154 valence electrons. The van der Waals surface area contributed by atoms with Crippen LogP contribution < -0.4 is 0 Å². The van der Waals surface area contributed by atoms with E-state index in [1.165, 1.54) is 0 Å². The van der Waals surface area contributed by atoms with Gasteiger partial charge in [0.1, 0.15) is 5.82 Å². The summed E-state index contributed by atoms with van der Waals surface area (Å²) >= 11 is 5.53. The van der Waals surface area contributed by atoms with Crippen LogP contribution in [0, 0.1) is 25.5 Å². The van der Waals surface area contributed by atoms with Crippen molar-refractivity contribution in [1.82, 2.24) is 29.0 Å². The minimum atomic E-state index is -2.94. The zero-order valence-corrected chi connectivity index (χ0v) is 18.6. The summed E-state index contributed by atoms with van der Waals surface area (Å²) < 4.78 is 30.0. The second kappa shape index (κ2) is 7.92. The molecular formula is C18H28N6O2S2. The maximum absolute atomic E-state index is 11.8. The van der Waals surface area contributed by atoms with Crippen molar-refractivity contribution in [2.24, 2.45) is 0 Å². The van der Waals surface area contributed by atoms with E-state index in [0.29, 0.717) is 31.0 Å². The summed E-state index contributed by atoms with van der Waals surface area (Å²) in [4.78, 5) is 2.13. The van der Waals surface area contributed by atoms with E-state index in [0.717, 1.165) is 22.8 Å². The van der Waals surface area contributed by atoms with E-state index in [1.807, 2.05) is 47.8 Å². The van der Waals surface area contributed by atoms with Crippen LogP contribution in [0.2, 0.25) is 0 Å². The third kappa shape index (κ3) is 4.13. The first-order chi connectivity index (χ1) is 13.1. The van der Waals surface area contributed by atoms with Gasteiger partial charge in [0.15, 0.2) is 14.6 Å². The number of aryl methyl sites for hydroxylation is 2. The fourth-order valence-corrected chi connectivity index (χ4v) is 5.78. The number of nitrogens with zero attached hydrogens (tertiary/aromatic N) is 6. The van der Waals surface area contributed by atoms with E-state index in [-0.39, 0.29) is 17.5 Å². The van der Waals surface area contributed by atoms with Crippen LogP contribution in [-0.4, -0.2) is 56.0 Å². The summed E-state index contributed by atoms with van der Waals surface area (Å²) in [6, 6.07) is -0.0615. The number of sulfone groups is 1. The molecule has 0 saturated carbocycles. The van der Waals surface area contributed by atoms with Gasteiger partial charge in [-0.25, -0.2) is 13.1 Å². The molecule has 0 unspecified atom stereocenters. The molecule has 3 heterocycles. The maximum atomic E-state index is 11.8. The molecule has 1 atom stereocenters. The lowest BCUT2D eigenvalue weighted by Gasteiger charge is -2.17. The molecule has 1 saturated heterocycles. The van der Waals surface area contributed by atoms with Crippen LogP contribution in [-0.2, 0) is 29.6 Å². The van der Waals surface area contributed by atoms with Crippen LogP contribution in [0.25, 0.3) is 0 Å². The molecule has 2 aromatic rings.